The highest BCUT2D eigenvalue weighted by Crippen LogP contribution is 1.96. The SMILES string of the molecule is C/C=C/CNC(CCC)COC. The Balaban J connectivity index is 3.47. The molecule has 12 heavy (non-hydrogen) atoms. The van der Waals surface area contributed by atoms with E-state index in [0.717, 1.165) is 13.2 Å². The lowest BCUT2D eigenvalue weighted by Gasteiger charge is -2.15. The van der Waals surface area contributed by atoms with Gasteiger partial charge in [0.2, 0.25) is 0 Å². The molecule has 0 spiro atoms. The molecule has 2 heteroatoms. The predicted octanol–water partition coefficient (Wildman–Crippen LogP) is 1.97. The first-order chi connectivity index (χ1) is 5.85. The molecule has 0 bridgehead atoms. The molecule has 0 heterocycles. The van der Waals surface area contributed by atoms with Gasteiger partial charge in [-0.2, -0.15) is 0 Å². The van der Waals surface area contributed by atoms with E-state index in [0.29, 0.717) is 6.04 Å². The van der Waals surface area contributed by atoms with E-state index in [-0.39, 0.29) is 0 Å². The van der Waals surface area contributed by atoms with Gasteiger partial charge in [0.15, 0.2) is 0 Å². The van der Waals surface area contributed by atoms with Crippen molar-refractivity contribution in [3.05, 3.63) is 12.2 Å². The zero-order valence-corrected chi connectivity index (χ0v) is 8.47. The number of ether oxygens (including phenoxy) is 1. The highest BCUT2D eigenvalue weighted by Gasteiger charge is 2.03. The second-order valence-electron chi connectivity index (χ2n) is 2.92. The van der Waals surface area contributed by atoms with Gasteiger partial charge in [-0.1, -0.05) is 25.5 Å². The van der Waals surface area contributed by atoms with E-state index in [1.54, 1.807) is 7.11 Å². The van der Waals surface area contributed by atoms with Gasteiger partial charge in [0, 0.05) is 19.7 Å². The molecular formula is C10H21NO. The first-order valence-corrected chi connectivity index (χ1v) is 4.68. The van der Waals surface area contributed by atoms with Gasteiger partial charge in [-0.05, 0) is 13.3 Å². The van der Waals surface area contributed by atoms with Crippen LogP contribution in [0, 0.1) is 0 Å². The molecule has 0 saturated heterocycles. The fraction of sp³-hybridized carbons (Fsp3) is 0.800. The molecule has 1 unspecified atom stereocenters. The molecule has 0 amide bonds. The molecule has 0 aliphatic carbocycles. The number of hydrogen-bond donors (Lipinski definition) is 1. The lowest BCUT2D eigenvalue weighted by Crippen LogP contribution is -2.33. The Bertz CT molecular complexity index is 106. The summed E-state index contributed by atoms with van der Waals surface area (Å²) in [5, 5.41) is 3.41. The summed E-state index contributed by atoms with van der Waals surface area (Å²) in [6.45, 7) is 5.99. The molecule has 0 aliphatic heterocycles. The van der Waals surface area contributed by atoms with Crippen molar-refractivity contribution >= 4 is 0 Å². The van der Waals surface area contributed by atoms with Gasteiger partial charge < -0.3 is 10.1 Å². The molecule has 1 N–H and O–H groups in total. The van der Waals surface area contributed by atoms with Crippen molar-refractivity contribution in [3.63, 3.8) is 0 Å². The first kappa shape index (κ1) is 11.7. The van der Waals surface area contributed by atoms with Gasteiger partial charge in [0.25, 0.3) is 0 Å². The molecule has 1 atom stereocenters. The van der Waals surface area contributed by atoms with Crippen LogP contribution in [0.5, 0.6) is 0 Å². The summed E-state index contributed by atoms with van der Waals surface area (Å²) < 4.78 is 5.10. The van der Waals surface area contributed by atoms with Crippen LogP contribution in [-0.4, -0.2) is 26.3 Å². The Labute approximate surface area is 76.0 Å². The van der Waals surface area contributed by atoms with Crippen molar-refractivity contribution in [2.45, 2.75) is 32.7 Å². The van der Waals surface area contributed by atoms with Crippen LogP contribution in [0.15, 0.2) is 12.2 Å². The molecule has 0 aromatic heterocycles. The van der Waals surface area contributed by atoms with Gasteiger partial charge in [-0.3, -0.25) is 0 Å². The smallest absolute Gasteiger partial charge is 0.0615 e. The zero-order valence-electron chi connectivity index (χ0n) is 8.47. The summed E-state index contributed by atoms with van der Waals surface area (Å²) in [7, 11) is 1.75. The predicted molar refractivity (Wildman–Crippen MR) is 53.4 cm³/mol. The summed E-state index contributed by atoms with van der Waals surface area (Å²) in [6.07, 6.45) is 6.57. The molecule has 0 fully saturated rings. The van der Waals surface area contributed by atoms with Crippen molar-refractivity contribution in [3.8, 4) is 0 Å². The first-order valence-electron chi connectivity index (χ1n) is 4.68. The van der Waals surface area contributed by atoms with Crippen molar-refractivity contribution in [1.29, 1.82) is 0 Å². The highest BCUT2D eigenvalue weighted by molar-refractivity contribution is 4.81. The molecule has 0 aliphatic rings. The quantitative estimate of drug-likeness (QED) is 0.591. The van der Waals surface area contributed by atoms with Gasteiger partial charge in [0.05, 0.1) is 6.61 Å². The Morgan fingerprint density at radius 1 is 1.50 bits per heavy atom. The molecule has 0 rings (SSSR count). The standard InChI is InChI=1S/C10H21NO/c1-4-6-8-11-10(7-5-2)9-12-3/h4,6,10-11H,5,7-9H2,1-3H3/b6-4+. The van der Waals surface area contributed by atoms with Crippen LogP contribution < -0.4 is 5.32 Å². The largest absolute Gasteiger partial charge is 0.383 e. The highest BCUT2D eigenvalue weighted by atomic mass is 16.5. The third-order valence-electron chi connectivity index (χ3n) is 1.77. The monoisotopic (exact) mass is 171 g/mol. The van der Waals surface area contributed by atoms with Crippen LogP contribution in [0.4, 0.5) is 0 Å². The average Bonchev–Trinajstić information content (AvgIpc) is 2.06. The maximum Gasteiger partial charge on any atom is 0.0615 e. The van der Waals surface area contributed by atoms with E-state index in [1.165, 1.54) is 12.8 Å². The molecule has 0 radical (unpaired) electrons. The molecule has 2 nitrogen and oxygen atoms in total. The van der Waals surface area contributed by atoms with Crippen LogP contribution in [0.1, 0.15) is 26.7 Å². The summed E-state index contributed by atoms with van der Waals surface area (Å²) in [6, 6.07) is 0.510. The second kappa shape index (κ2) is 8.75. The zero-order chi connectivity index (χ0) is 9.23. The van der Waals surface area contributed by atoms with E-state index in [1.807, 2.05) is 6.92 Å². The number of allylic oxidation sites excluding steroid dienone is 1. The van der Waals surface area contributed by atoms with Crippen LogP contribution in [-0.2, 0) is 4.74 Å². The van der Waals surface area contributed by atoms with Gasteiger partial charge in [0.1, 0.15) is 0 Å². The maximum absolute atomic E-state index is 5.10. The van der Waals surface area contributed by atoms with Crippen LogP contribution >= 0.6 is 0 Å². The topological polar surface area (TPSA) is 21.3 Å². The Hall–Kier alpha value is -0.340. The van der Waals surface area contributed by atoms with Crippen molar-refractivity contribution in [1.82, 2.24) is 5.32 Å². The fourth-order valence-corrected chi connectivity index (χ4v) is 1.15. The summed E-state index contributed by atoms with van der Waals surface area (Å²) in [5.41, 5.74) is 0. The minimum absolute atomic E-state index is 0.510. The van der Waals surface area contributed by atoms with Crippen LogP contribution in [0.2, 0.25) is 0 Å². The average molecular weight is 171 g/mol. The fourth-order valence-electron chi connectivity index (χ4n) is 1.15. The Morgan fingerprint density at radius 2 is 2.25 bits per heavy atom. The normalized spacial score (nSPS) is 13.9. The Morgan fingerprint density at radius 3 is 2.75 bits per heavy atom. The number of hydrogen-bond acceptors (Lipinski definition) is 2. The van der Waals surface area contributed by atoms with E-state index in [9.17, 15) is 0 Å². The summed E-state index contributed by atoms with van der Waals surface area (Å²) in [4.78, 5) is 0. The lowest BCUT2D eigenvalue weighted by atomic mass is 10.2. The van der Waals surface area contributed by atoms with Gasteiger partial charge >= 0.3 is 0 Å². The van der Waals surface area contributed by atoms with E-state index < -0.39 is 0 Å². The van der Waals surface area contributed by atoms with E-state index >= 15 is 0 Å². The number of methoxy groups -OCH3 is 1. The number of nitrogens with one attached hydrogen (secondary N) is 1. The molecule has 0 aromatic rings. The Kier molecular flexibility index (Phi) is 8.51. The third kappa shape index (κ3) is 6.38. The third-order valence-corrected chi connectivity index (χ3v) is 1.77. The second-order valence-corrected chi connectivity index (χ2v) is 2.92. The van der Waals surface area contributed by atoms with Crippen molar-refractivity contribution in [2.24, 2.45) is 0 Å². The summed E-state index contributed by atoms with van der Waals surface area (Å²) >= 11 is 0. The molecule has 0 aromatic carbocycles. The summed E-state index contributed by atoms with van der Waals surface area (Å²) in [5.74, 6) is 0. The van der Waals surface area contributed by atoms with Crippen molar-refractivity contribution in [2.75, 3.05) is 20.3 Å². The van der Waals surface area contributed by atoms with Gasteiger partial charge in [-0.15, -0.1) is 0 Å². The molecular weight excluding hydrogens is 150 g/mol. The van der Waals surface area contributed by atoms with Crippen molar-refractivity contribution < 1.29 is 4.74 Å². The van der Waals surface area contributed by atoms with E-state index in [4.69, 9.17) is 4.74 Å². The van der Waals surface area contributed by atoms with Crippen LogP contribution in [0.25, 0.3) is 0 Å². The minimum atomic E-state index is 0.510. The minimum Gasteiger partial charge on any atom is -0.383 e. The molecule has 72 valence electrons. The maximum atomic E-state index is 5.10. The van der Waals surface area contributed by atoms with E-state index in [2.05, 4.69) is 24.4 Å². The van der Waals surface area contributed by atoms with Gasteiger partial charge in [-0.25, -0.2) is 0 Å². The number of rotatable bonds is 7. The molecule has 0 saturated carbocycles. The lowest BCUT2D eigenvalue weighted by molar-refractivity contribution is 0.164. The van der Waals surface area contributed by atoms with Crippen LogP contribution in [0.3, 0.4) is 0 Å².